The van der Waals surface area contributed by atoms with E-state index in [1.165, 1.54) is 12.3 Å². The SMILES string of the molecule is CCSc1ncc2ccc(Oc3ccnc(F)c3)cc2n1. The molecule has 0 saturated heterocycles. The number of nitrogens with zero attached hydrogens (tertiary/aromatic N) is 3. The maximum absolute atomic E-state index is 13.0. The molecule has 0 aliphatic carbocycles. The molecule has 0 aliphatic rings. The quantitative estimate of drug-likeness (QED) is 0.413. The van der Waals surface area contributed by atoms with Gasteiger partial charge in [0.15, 0.2) is 5.16 Å². The lowest BCUT2D eigenvalue weighted by Crippen LogP contribution is -1.90. The Bertz CT molecular complexity index is 782. The Hall–Kier alpha value is -2.21. The van der Waals surface area contributed by atoms with Gasteiger partial charge < -0.3 is 4.74 Å². The van der Waals surface area contributed by atoms with Gasteiger partial charge in [-0.3, -0.25) is 0 Å². The van der Waals surface area contributed by atoms with Crippen LogP contribution in [-0.2, 0) is 0 Å². The van der Waals surface area contributed by atoms with Crippen LogP contribution >= 0.6 is 11.8 Å². The molecule has 0 unspecified atom stereocenters. The summed E-state index contributed by atoms with van der Waals surface area (Å²) >= 11 is 1.58. The average molecular weight is 301 g/mol. The molecule has 0 saturated carbocycles. The maximum Gasteiger partial charge on any atom is 0.216 e. The first-order chi connectivity index (χ1) is 10.2. The van der Waals surface area contributed by atoms with Crippen LogP contribution in [0.4, 0.5) is 4.39 Å². The van der Waals surface area contributed by atoms with Crippen LogP contribution in [0.1, 0.15) is 6.92 Å². The summed E-state index contributed by atoms with van der Waals surface area (Å²) in [5, 5.41) is 1.67. The van der Waals surface area contributed by atoms with Gasteiger partial charge in [-0.25, -0.2) is 15.0 Å². The number of rotatable bonds is 4. The Morgan fingerprint density at radius 3 is 2.81 bits per heavy atom. The zero-order valence-electron chi connectivity index (χ0n) is 11.3. The summed E-state index contributed by atoms with van der Waals surface area (Å²) in [7, 11) is 0. The molecule has 0 radical (unpaired) electrons. The van der Waals surface area contributed by atoms with E-state index >= 15 is 0 Å². The van der Waals surface area contributed by atoms with Gasteiger partial charge in [0.25, 0.3) is 0 Å². The van der Waals surface area contributed by atoms with E-state index in [0.717, 1.165) is 21.8 Å². The second-order valence-electron chi connectivity index (χ2n) is 4.22. The number of pyridine rings is 1. The standard InChI is InChI=1S/C15H12FN3OS/c1-2-21-15-18-9-10-3-4-11(7-13(10)19-15)20-12-5-6-17-14(16)8-12/h3-9H,2H2,1H3. The predicted octanol–water partition coefficient (Wildman–Crippen LogP) is 4.07. The molecular formula is C15H12FN3OS. The summed E-state index contributed by atoms with van der Waals surface area (Å²) in [5.41, 5.74) is 0.799. The summed E-state index contributed by atoms with van der Waals surface area (Å²) in [6, 6.07) is 8.34. The molecule has 1 aromatic carbocycles. The van der Waals surface area contributed by atoms with Gasteiger partial charge in [-0.2, -0.15) is 4.39 Å². The number of hydrogen-bond donors (Lipinski definition) is 0. The van der Waals surface area contributed by atoms with Crippen molar-refractivity contribution >= 4 is 22.7 Å². The Labute approximate surface area is 125 Å². The van der Waals surface area contributed by atoms with Gasteiger partial charge in [0.05, 0.1) is 5.52 Å². The zero-order chi connectivity index (χ0) is 14.7. The minimum atomic E-state index is -0.572. The Morgan fingerprint density at radius 1 is 1.14 bits per heavy atom. The van der Waals surface area contributed by atoms with E-state index in [0.29, 0.717) is 11.5 Å². The summed E-state index contributed by atoms with van der Waals surface area (Å²) in [4.78, 5) is 12.2. The fourth-order valence-electron chi connectivity index (χ4n) is 1.83. The highest BCUT2D eigenvalue weighted by atomic mass is 32.2. The monoisotopic (exact) mass is 301 g/mol. The van der Waals surface area contributed by atoms with Crippen LogP contribution in [0.5, 0.6) is 11.5 Å². The molecule has 2 aromatic heterocycles. The summed E-state index contributed by atoms with van der Waals surface area (Å²) in [6.07, 6.45) is 3.15. The summed E-state index contributed by atoms with van der Waals surface area (Å²) in [6.45, 7) is 2.05. The average Bonchev–Trinajstić information content (AvgIpc) is 2.47. The Balaban J connectivity index is 1.92. The molecule has 0 atom stereocenters. The number of ether oxygens (including phenoxy) is 1. The van der Waals surface area contributed by atoms with E-state index in [9.17, 15) is 4.39 Å². The van der Waals surface area contributed by atoms with Crippen molar-refractivity contribution in [3.8, 4) is 11.5 Å². The molecular weight excluding hydrogens is 289 g/mol. The van der Waals surface area contributed by atoms with E-state index in [4.69, 9.17) is 4.74 Å². The lowest BCUT2D eigenvalue weighted by Gasteiger charge is -2.07. The molecule has 0 N–H and O–H groups in total. The topological polar surface area (TPSA) is 47.9 Å². The summed E-state index contributed by atoms with van der Waals surface area (Å²) < 4.78 is 18.7. The highest BCUT2D eigenvalue weighted by molar-refractivity contribution is 7.99. The molecule has 3 aromatic rings. The third kappa shape index (κ3) is 3.28. The van der Waals surface area contributed by atoms with Gasteiger partial charge >= 0.3 is 0 Å². The van der Waals surface area contributed by atoms with E-state index < -0.39 is 5.95 Å². The van der Waals surface area contributed by atoms with Crippen molar-refractivity contribution in [1.29, 1.82) is 0 Å². The number of halogens is 1. The van der Waals surface area contributed by atoms with Crippen LogP contribution in [0.15, 0.2) is 47.9 Å². The number of hydrogen-bond acceptors (Lipinski definition) is 5. The number of aromatic nitrogens is 3. The summed E-state index contributed by atoms with van der Waals surface area (Å²) in [5.74, 6) is 1.34. The molecule has 0 amide bonds. The van der Waals surface area contributed by atoms with Crippen molar-refractivity contribution in [1.82, 2.24) is 15.0 Å². The molecule has 0 spiro atoms. The highest BCUT2D eigenvalue weighted by Gasteiger charge is 2.04. The van der Waals surface area contributed by atoms with Gasteiger partial charge in [-0.15, -0.1) is 0 Å². The molecule has 0 bridgehead atoms. The molecule has 0 fully saturated rings. The van der Waals surface area contributed by atoms with Crippen LogP contribution in [0, 0.1) is 5.95 Å². The van der Waals surface area contributed by atoms with Crippen LogP contribution in [0.25, 0.3) is 10.9 Å². The van der Waals surface area contributed by atoms with E-state index in [-0.39, 0.29) is 0 Å². The van der Waals surface area contributed by atoms with Crippen molar-refractivity contribution in [2.24, 2.45) is 0 Å². The minimum absolute atomic E-state index is 0.402. The van der Waals surface area contributed by atoms with Crippen molar-refractivity contribution in [3.63, 3.8) is 0 Å². The van der Waals surface area contributed by atoms with E-state index in [1.54, 1.807) is 30.1 Å². The second-order valence-corrected chi connectivity index (χ2v) is 5.45. The fourth-order valence-corrected chi connectivity index (χ4v) is 2.38. The van der Waals surface area contributed by atoms with Crippen LogP contribution < -0.4 is 4.74 Å². The predicted molar refractivity (Wildman–Crippen MR) is 80.2 cm³/mol. The highest BCUT2D eigenvalue weighted by Crippen LogP contribution is 2.25. The lowest BCUT2D eigenvalue weighted by atomic mass is 10.2. The van der Waals surface area contributed by atoms with Gasteiger partial charge in [0.1, 0.15) is 11.5 Å². The molecule has 4 nitrogen and oxygen atoms in total. The number of thioether (sulfide) groups is 1. The van der Waals surface area contributed by atoms with E-state index in [1.807, 2.05) is 12.1 Å². The zero-order valence-corrected chi connectivity index (χ0v) is 12.1. The number of benzene rings is 1. The van der Waals surface area contributed by atoms with Gasteiger partial charge in [-0.1, -0.05) is 18.7 Å². The Kier molecular flexibility index (Phi) is 3.96. The number of fused-ring (bicyclic) bond motifs is 1. The van der Waals surface area contributed by atoms with Gasteiger partial charge in [0, 0.05) is 29.9 Å². The van der Waals surface area contributed by atoms with Crippen molar-refractivity contribution in [3.05, 3.63) is 48.7 Å². The first kappa shape index (κ1) is 13.8. The minimum Gasteiger partial charge on any atom is -0.457 e. The van der Waals surface area contributed by atoms with Crippen LogP contribution in [0.3, 0.4) is 0 Å². The molecule has 106 valence electrons. The molecule has 21 heavy (non-hydrogen) atoms. The fraction of sp³-hybridized carbons (Fsp3) is 0.133. The molecule has 0 aliphatic heterocycles. The van der Waals surface area contributed by atoms with Crippen molar-refractivity contribution in [2.45, 2.75) is 12.1 Å². The maximum atomic E-state index is 13.0. The largest absolute Gasteiger partial charge is 0.457 e. The third-order valence-electron chi connectivity index (χ3n) is 2.74. The molecule has 2 heterocycles. The lowest BCUT2D eigenvalue weighted by molar-refractivity contribution is 0.472. The van der Waals surface area contributed by atoms with Crippen LogP contribution in [0.2, 0.25) is 0 Å². The van der Waals surface area contributed by atoms with E-state index in [2.05, 4.69) is 21.9 Å². The van der Waals surface area contributed by atoms with Crippen LogP contribution in [-0.4, -0.2) is 20.7 Å². The second kappa shape index (κ2) is 6.05. The third-order valence-corrected chi connectivity index (χ3v) is 3.48. The smallest absolute Gasteiger partial charge is 0.216 e. The molecule has 6 heteroatoms. The van der Waals surface area contributed by atoms with Gasteiger partial charge in [-0.05, 0) is 24.0 Å². The van der Waals surface area contributed by atoms with Crippen molar-refractivity contribution < 1.29 is 9.13 Å². The molecule has 3 rings (SSSR count). The van der Waals surface area contributed by atoms with Gasteiger partial charge in [0.2, 0.25) is 5.95 Å². The Morgan fingerprint density at radius 2 is 2.00 bits per heavy atom. The first-order valence-corrected chi connectivity index (χ1v) is 7.42. The normalized spacial score (nSPS) is 10.8. The first-order valence-electron chi connectivity index (χ1n) is 6.43. The van der Waals surface area contributed by atoms with Crippen molar-refractivity contribution in [2.75, 3.05) is 5.75 Å².